The molecule has 1 aromatic rings. The van der Waals surface area contributed by atoms with Crippen molar-refractivity contribution in [3.05, 3.63) is 23.5 Å². The molecule has 0 aliphatic carbocycles. The van der Waals surface area contributed by atoms with Gasteiger partial charge >= 0.3 is 0 Å². The molecule has 0 bridgehead atoms. The molecule has 0 radical (unpaired) electrons. The first-order valence-corrected chi connectivity index (χ1v) is 5.12. The molecule has 0 spiro atoms. The molecule has 0 aliphatic heterocycles. The van der Waals surface area contributed by atoms with Gasteiger partial charge < -0.3 is 10.4 Å². The largest absolute Gasteiger partial charge is 0.396 e. The third-order valence-electron chi connectivity index (χ3n) is 2.10. The van der Waals surface area contributed by atoms with E-state index in [1.807, 2.05) is 6.07 Å². The lowest BCUT2D eigenvalue weighted by Crippen LogP contribution is -2.19. The van der Waals surface area contributed by atoms with Gasteiger partial charge in [0.1, 0.15) is 0 Å². The van der Waals surface area contributed by atoms with E-state index in [0.717, 1.165) is 18.5 Å². The molecule has 4 heteroatoms. The molecule has 14 heavy (non-hydrogen) atoms. The summed E-state index contributed by atoms with van der Waals surface area (Å²) >= 11 is 5.94. The van der Waals surface area contributed by atoms with Crippen molar-refractivity contribution in [3.63, 3.8) is 0 Å². The number of anilines is 1. The van der Waals surface area contributed by atoms with Gasteiger partial charge in [0, 0.05) is 25.0 Å². The van der Waals surface area contributed by atoms with Crippen molar-refractivity contribution in [2.45, 2.75) is 25.8 Å². The second kappa shape index (κ2) is 5.83. The number of pyridine rings is 1. The fraction of sp³-hybridized carbons (Fsp3) is 0.500. The van der Waals surface area contributed by atoms with E-state index in [-0.39, 0.29) is 12.6 Å². The highest BCUT2D eigenvalue weighted by Crippen LogP contribution is 2.21. The molecule has 1 rings (SSSR count). The summed E-state index contributed by atoms with van der Waals surface area (Å²) in [6, 6.07) is 2.10. The number of aliphatic hydroxyl groups is 1. The van der Waals surface area contributed by atoms with Crippen LogP contribution in [0.3, 0.4) is 0 Å². The fourth-order valence-electron chi connectivity index (χ4n) is 1.25. The fourth-order valence-corrected chi connectivity index (χ4v) is 1.42. The minimum atomic E-state index is 0.189. The first-order chi connectivity index (χ1) is 6.77. The normalized spacial score (nSPS) is 12.5. The first kappa shape index (κ1) is 11.3. The van der Waals surface area contributed by atoms with Crippen LogP contribution in [0.4, 0.5) is 5.69 Å². The summed E-state index contributed by atoms with van der Waals surface area (Å²) in [6.45, 7) is 2.26. The van der Waals surface area contributed by atoms with Crippen molar-refractivity contribution in [2.75, 3.05) is 11.9 Å². The Kier molecular flexibility index (Phi) is 4.70. The molecule has 2 N–H and O–H groups in total. The van der Waals surface area contributed by atoms with Gasteiger partial charge in [-0.1, -0.05) is 18.5 Å². The standard InChI is InChI=1S/C10H15ClN2O/c1-2-8(4-6-14)13-10-3-5-12-7-9(10)11/h3,5,7-8,14H,2,4,6H2,1H3,(H,12,13). The first-order valence-electron chi connectivity index (χ1n) is 4.74. The van der Waals surface area contributed by atoms with Crippen LogP contribution in [0.2, 0.25) is 5.02 Å². The summed E-state index contributed by atoms with van der Waals surface area (Å²) < 4.78 is 0. The Hall–Kier alpha value is -0.800. The smallest absolute Gasteiger partial charge is 0.0820 e. The van der Waals surface area contributed by atoms with Gasteiger partial charge in [0.05, 0.1) is 10.7 Å². The van der Waals surface area contributed by atoms with Gasteiger partial charge in [0.2, 0.25) is 0 Å². The molecule has 1 heterocycles. The van der Waals surface area contributed by atoms with Crippen LogP contribution in [0.15, 0.2) is 18.5 Å². The Morgan fingerprint density at radius 2 is 2.43 bits per heavy atom. The summed E-state index contributed by atoms with van der Waals surface area (Å²) in [5, 5.41) is 12.7. The van der Waals surface area contributed by atoms with E-state index in [2.05, 4.69) is 17.2 Å². The maximum absolute atomic E-state index is 8.83. The number of aliphatic hydroxyl groups excluding tert-OH is 1. The maximum atomic E-state index is 8.83. The number of nitrogens with zero attached hydrogens (tertiary/aromatic N) is 1. The molecule has 1 unspecified atom stereocenters. The Morgan fingerprint density at radius 3 is 3.00 bits per heavy atom. The van der Waals surface area contributed by atoms with Crippen molar-refractivity contribution < 1.29 is 5.11 Å². The zero-order valence-electron chi connectivity index (χ0n) is 8.20. The lowest BCUT2D eigenvalue weighted by molar-refractivity contribution is 0.278. The molecule has 0 aromatic carbocycles. The van der Waals surface area contributed by atoms with Crippen molar-refractivity contribution in [2.24, 2.45) is 0 Å². The minimum Gasteiger partial charge on any atom is -0.396 e. The van der Waals surface area contributed by atoms with Crippen LogP contribution in [-0.2, 0) is 0 Å². The van der Waals surface area contributed by atoms with Gasteiger partial charge in [0.25, 0.3) is 0 Å². The molecule has 0 saturated heterocycles. The third-order valence-corrected chi connectivity index (χ3v) is 2.40. The predicted molar refractivity (Wildman–Crippen MR) is 58.7 cm³/mol. The van der Waals surface area contributed by atoms with Gasteiger partial charge in [-0.2, -0.15) is 0 Å². The topological polar surface area (TPSA) is 45.1 Å². The van der Waals surface area contributed by atoms with Crippen LogP contribution in [0.5, 0.6) is 0 Å². The second-order valence-electron chi connectivity index (χ2n) is 3.12. The van der Waals surface area contributed by atoms with Crippen LogP contribution in [-0.4, -0.2) is 22.7 Å². The van der Waals surface area contributed by atoms with Crippen LogP contribution < -0.4 is 5.32 Å². The Morgan fingerprint density at radius 1 is 1.64 bits per heavy atom. The number of hydrogen-bond acceptors (Lipinski definition) is 3. The highest BCUT2D eigenvalue weighted by molar-refractivity contribution is 6.33. The van der Waals surface area contributed by atoms with Crippen molar-refractivity contribution >= 4 is 17.3 Å². The zero-order valence-corrected chi connectivity index (χ0v) is 8.96. The summed E-state index contributed by atoms with van der Waals surface area (Å²) in [7, 11) is 0. The molecule has 0 aliphatic rings. The molecule has 1 aromatic heterocycles. The average molecular weight is 215 g/mol. The Labute approximate surface area is 89.1 Å². The van der Waals surface area contributed by atoms with Crippen molar-refractivity contribution in [1.29, 1.82) is 0 Å². The van der Waals surface area contributed by atoms with Crippen LogP contribution in [0.25, 0.3) is 0 Å². The summed E-state index contributed by atoms with van der Waals surface area (Å²) in [5.74, 6) is 0. The minimum absolute atomic E-state index is 0.189. The van der Waals surface area contributed by atoms with Gasteiger partial charge in [0.15, 0.2) is 0 Å². The summed E-state index contributed by atoms with van der Waals surface area (Å²) in [5.41, 5.74) is 0.877. The monoisotopic (exact) mass is 214 g/mol. The Balaban J connectivity index is 2.62. The van der Waals surface area contributed by atoms with E-state index in [4.69, 9.17) is 16.7 Å². The SMILES string of the molecule is CCC(CCO)Nc1ccncc1Cl. The van der Waals surface area contributed by atoms with Gasteiger partial charge in [-0.3, -0.25) is 4.98 Å². The molecule has 78 valence electrons. The van der Waals surface area contributed by atoms with E-state index in [1.54, 1.807) is 12.4 Å². The van der Waals surface area contributed by atoms with E-state index in [9.17, 15) is 0 Å². The highest BCUT2D eigenvalue weighted by atomic mass is 35.5. The van der Waals surface area contributed by atoms with E-state index in [1.165, 1.54) is 0 Å². The highest BCUT2D eigenvalue weighted by Gasteiger charge is 2.07. The van der Waals surface area contributed by atoms with Crippen LogP contribution in [0.1, 0.15) is 19.8 Å². The molecule has 0 amide bonds. The summed E-state index contributed by atoms with van der Waals surface area (Å²) in [6.07, 6.45) is 4.99. The van der Waals surface area contributed by atoms with Crippen LogP contribution >= 0.6 is 11.6 Å². The quantitative estimate of drug-likeness (QED) is 0.791. The molecular formula is C10H15ClN2O. The summed E-state index contributed by atoms with van der Waals surface area (Å²) in [4.78, 5) is 3.90. The van der Waals surface area contributed by atoms with Crippen LogP contribution in [0, 0.1) is 0 Å². The Bertz CT molecular complexity index is 281. The number of nitrogens with one attached hydrogen (secondary N) is 1. The number of aromatic nitrogens is 1. The van der Waals surface area contributed by atoms with E-state index < -0.39 is 0 Å². The van der Waals surface area contributed by atoms with E-state index in [0.29, 0.717) is 5.02 Å². The van der Waals surface area contributed by atoms with Gasteiger partial charge in [-0.25, -0.2) is 0 Å². The van der Waals surface area contributed by atoms with Gasteiger partial charge in [-0.15, -0.1) is 0 Å². The molecule has 3 nitrogen and oxygen atoms in total. The second-order valence-corrected chi connectivity index (χ2v) is 3.52. The number of halogens is 1. The van der Waals surface area contributed by atoms with Crippen molar-refractivity contribution in [3.8, 4) is 0 Å². The average Bonchev–Trinajstić information content (AvgIpc) is 2.20. The number of rotatable bonds is 5. The maximum Gasteiger partial charge on any atom is 0.0820 e. The lowest BCUT2D eigenvalue weighted by Gasteiger charge is -2.17. The molecule has 0 fully saturated rings. The zero-order chi connectivity index (χ0) is 10.4. The molecule has 0 saturated carbocycles. The lowest BCUT2D eigenvalue weighted by atomic mass is 10.1. The van der Waals surface area contributed by atoms with Gasteiger partial charge in [-0.05, 0) is 18.9 Å². The predicted octanol–water partition coefficient (Wildman–Crippen LogP) is 2.31. The molecular weight excluding hydrogens is 200 g/mol. The third kappa shape index (κ3) is 3.16. The van der Waals surface area contributed by atoms with E-state index >= 15 is 0 Å². The molecule has 1 atom stereocenters. The number of hydrogen-bond donors (Lipinski definition) is 2. The van der Waals surface area contributed by atoms with Crippen molar-refractivity contribution in [1.82, 2.24) is 4.98 Å².